The van der Waals surface area contributed by atoms with Crippen LogP contribution in [0.25, 0.3) is 0 Å². The number of hydrogen-bond donors (Lipinski definition) is 2. The summed E-state index contributed by atoms with van der Waals surface area (Å²) in [6.07, 6.45) is 1.57. The zero-order valence-electron chi connectivity index (χ0n) is 17.4. The first-order chi connectivity index (χ1) is 14.5. The van der Waals surface area contributed by atoms with Gasteiger partial charge in [-0.15, -0.1) is 24.0 Å². The molecule has 0 aromatic heterocycles. The van der Waals surface area contributed by atoms with E-state index in [-0.39, 0.29) is 42.2 Å². The van der Waals surface area contributed by atoms with Crippen LogP contribution in [0.2, 0.25) is 0 Å². The summed E-state index contributed by atoms with van der Waals surface area (Å²) in [6.45, 7) is 2.61. The zero-order chi connectivity index (χ0) is 21.3. The van der Waals surface area contributed by atoms with Gasteiger partial charge in [0.05, 0.1) is 6.54 Å². The predicted octanol–water partition coefficient (Wildman–Crippen LogP) is 3.45. The van der Waals surface area contributed by atoms with Gasteiger partial charge >= 0.3 is 0 Å². The molecule has 1 aliphatic rings. The molecule has 2 N–H and O–H groups in total. The molecular weight excluding hydrogens is 517 g/mol. The number of aliphatic imine (C=N–C) groups is 1. The highest BCUT2D eigenvalue weighted by atomic mass is 127. The molecule has 0 radical (unpaired) electrons. The van der Waals surface area contributed by atoms with Crippen molar-refractivity contribution in [3.8, 4) is 5.75 Å². The molecule has 1 heterocycles. The van der Waals surface area contributed by atoms with E-state index in [1.165, 1.54) is 6.07 Å². The fraction of sp³-hybridized carbons (Fsp3) is 0.364. The minimum absolute atomic E-state index is 0. The lowest BCUT2D eigenvalue weighted by atomic mass is 10.1. The van der Waals surface area contributed by atoms with Crippen LogP contribution in [0.4, 0.5) is 8.78 Å². The van der Waals surface area contributed by atoms with E-state index >= 15 is 0 Å². The van der Waals surface area contributed by atoms with Crippen molar-refractivity contribution in [2.24, 2.45) is 4.99 Å². The molecule has 0 spiro atoms. The van der Waals surface area contributed by atoms with E-state index < -0.39 is 11.6 Å². The van der Waals surface area contributed by atoms with Crippen LogP contribution in [-0.2, 0) is 17.9 Å². The van der Waals surface area contributed by atoms with Crippen molar-refractivity contribution in [3.05, 3.63) is 65.2 Å². The van der Waals surface area contributed by atoms with Gasteiger partial charge in [0.2, 0.25) is 5.91 Å². The minimum atomic E-state index is -0.729. The van der Waals surface area contributed by atoms with Crippen LogP contribution in [0.1, 0.15) is 24.0 Å². The molecule has 0 atom stereocenters. The number of halogens is 3. The molecule has 2 aromatic carbocycles. The van der Waals surface area contributed by atoms with E-state index in [1.54, 1.807) is 7.05 Å². The van der Waals surface area contributed by atoms with Gasteiger partial charge in [-0.2, -0.15) is 0 Å². The number of benzene rings is 2. The summed E-state index contributed by atoms with van der Waals surface area (Å²) in [7, 11) is 1.66. The predicted molar refractivity (Wildman–Crippen MR) is 127 cm³/mol. The molecule has 3 rings (SSSR count). The number of ether oxygens (including phenoxy) is 1. The Kier molecular flexibility index (Phi) is 9.96. The molecule has 2 aromatic rings. The maximum Gasteiger partial charge on any atom is 0.222 e. The number of hydrogen-bond acceptors (Lipinski definition) is 3. The largest absolute Gasteiger partial charge is 0.489 e. The van der Waals surface area contributed by atoms with Gasteiger partial charge < -0.3 is 20.3 Å². The average molecular weight is 544 g/mol. The Morgan fingerprint density at radius 3 is 2.68 bits per heavy atom. The Balaban J connectivity index is 0.00000341. The Hall–Kier alpha value is -2.43. The number of carbonyl (C=O) groups is 1. The third kappa shape index (κ3) is 7.64. The van der Waals surface area contributed by atoms with Crippen LogP contribution in [0, 0.1) is 11.6 Å². The average Bonchev–Trinajstić information content (AvgIpc) is 3.13. The van der Waals surface area contributed by atoms with Gasteiger partial charge in [0, 0.05) is 39.2 Å². The van der Waals surface area contributed by atoms with Gasteiger partial charge in [-0.05, 0) is 29.7 Å². The van der Waals surface area contributed by atoms with Crippen LogP contribution < -0.4 is 15.4 Å². The van der Waals surface area contributed by atoms with Crippen molar-refractivity contribution in [1.29, 1.82) is 0 Å². The Labute approximate surface area is 198 Å². The molecule has 1 saturated heterocycles. The first-order valence-electron chi connectivity index (χ1n) is 9.93. The lowest BCUT2D eigenvalue weighted by Crippen LogP contribution is -2.38. The van der Waals surface area contributed by atoms with Crippen molar-refractivity contribution in [2.45, 2.75) is 25.9 Å². The van der Waals surface area contributed by atoms with Gasteiger partial charge in [0.15, 0.2) is 17.5 Å². The van der Waals surface area contributed by atoms with Gasteiger partial charge in [0.25, 0.3) is 0 Å². The Bertz CT molecular complexity index is 911. The summed E-state index contributed by atoms with van der Waals surface area (Å²) in [5, 5.41) is 6.30. The van der Waals surface area contributed by atoms with Gasteiger partial charge in [-0.3, -0.25) is 9.79 Å². The topological polar surface area (TPSA) is 66.0 Å². The summed E-state index contributed by atoms with van der Waals surface area (Å²) in [5.74, 6) is -0.565. The SMILES string of the molecule is CN=C(NCCOc1ccc(F)cc1F)NCc1cccc(CN2CCCC2=O)c1.I. The van der Waals surface area contributed by atoms with Crippen molar-refractivity contribution in [3.63, 3.8) is 0 Å². The third-order valence-corrected chi connectivity index (χ3v) is 4.77. The molecule has 31 heavy (non-hydrogen) atoms. The molecule has 0 saturated carbocycles. The second-order valence-corrected chi connectivity index (χ2v) is 7.01. The lowest BCUT2D eigenvalue weighted by molar-refractivity contribution is -0.128. The van der Waals surface area contributed by atoms with Gasteiger partial charge in [-0.25, -0.2) is 8.78 Å². The molecule has 9 heteroatoms. The van der Waals surface area contributed by atoms with E-state index in [4.69, 9.17) is 4.74 Å². The van der Waals surface area contributed by atoms with Crippen LogP contribution in [0.15, 0.2) is 47.5 Å². The number of carbonyl (C=O) groups excluding carboxylic acids is 1. The van der Waals surface area contributed by atoms with Crippen LogP contribution in [-0.4, -0.2) is 43.5 Å². The van der Waals surface area contributed by atoms with Crippen LogP contribution in [0.3, 0.4) is 0 Å². The molecule has 1 amide bonds. The summed E-state index contributed by atoms with van der Waals surface area (Å²) < 4.78 is 31.8. The summed E-state index contributed by atoms with van der Waals surface area (Å²) in [5.41, 5.74) is 2.17. The molecule has 168 valence electrons. The normalized spacial score (nSPS) is 13.7. The van der Waals surface area contributed by atoms with Crippen LogP contribution >= 0.6 is 24.0 Å². The molecule has 0 bridgehead atoms. The molecule has 6 nitrogen and oxygen atoms in total. The Morgan fingerprint density at radius 2 is 1.97 bits per heavy atom. The van der Waals surface area contributed by atoms with Crippen molar-refractivity contribution >= 4 is 35.8 Å². The van der Waals surface area contributed by atoms with Gasteiger partial charge in [-0.1, -0.05) is 24.3 Å². The quantitative estimate of drug-likeness (QED) is 0.231. The van der Waals surface area contributed by atoms with E-state index in [0.29, 0.717) is 32.0 Å². The summed E-state index contributed by atoms with van der Waals surface area (Å²) in [6, 6.07) is 11.3. The molecule has 1 aliphatic heterocycles. The smallest absolute Gasteiger partial charge is 0.222 e. The fourth-order valence-corrected chi connectivity index (χ4v) is 3.26. The molecular formula is C22H27F2IN4O2. The number of guanidine groups is 1. The maximum atomic E-state index is 13.5. The van der Waals surface area contributed by atoms with Crippen molar-refractivity contribution in [2.75, 3.05) is 26.7 Å². The Morgan fingerprint density at radius 1 is 1.16 bits per heavy atom. The van der Waals surface area contributed by atoms with Gasteiger partial charge in [0.1, 0.15) is 12.4 Å². The zero-order valence-corrected chi connectivity index (χ0v) is 19.7. The summed E-state index contributed by atoms with van der Waals surface area (Å²) >= 11 is 0. The highest BCUT2D eigenvalue weighted by Crippen LogP contribution is 2.17. The highest BCUT2D eigenvalue weighted by Gasteiger charge is 2.19. The second kappa shape index (κ2) is 12.4. The summed E-state index contributed by atoms with van der Waals surface area (Å²) in [4.78, 5) is 17.8. The number of rotatable bonds is 8. The lowest BCUT2D eigenvalue weighted by Gasteiger charge is -2.16. The first kappa shape index (κ1) is 24.8. The number of amides is 1. The minimum Gasteiger partial charge on any atom is -0.489 e. The third-order valence-electron chi connectivity index (χ3n) is 4.77. The van der Waals surface area contributed by atoms with E-state index in [2.05, 4.69) is 21.7 Å². The van der Waals surface area contributed by atoms with Crippen LogP contribution in [0.5, 0.6) is 5.75 Å². The molecule has 0 aliphatic carbocycles. The fourth-order valence-electron chi connectivity index (χ4n) is 3.26. The monoisotopic (exact) mass is 544 g/mol. The maximum absolute atomic E-state index is 13.5. The second-order valence-electron chi connectivity index (χ2n) is 7.01. The van der Waals surface area contributed by atoms with E-state index in [0.717, 1.165) is 36.2 Å². The number of likely N-dealkylation sites (tertiary alicyclic amines) is 1. The van der Waals surface area contributed by atoms with Crippen molar-refractivity contribution < 1.29 is 18.3 Å². The molecule has 1 fully saturated rings. The number of nitrogens with zero attached hydrogens (tertiary/aromatic N) is 2. The van der Waals surface area contributed by atoms with E-state index in [9.17, 15) is 13.6 Å². The standard InChI is InChI=1S/C22H26F2N4O2.HI/c1-25-22(26-9-11-30-20-8-7-18(23)13-19(20)24)27-14-16-4-2-5-17(12-16)15-28-10-3-6-21(28)29;/h2,4-5,7-8,12-13H,3,6,9-11,14-15H2,1H3,(H2,25,26,27);1H. The number of nitrogens with one attached hydrogen (secondary N) is 2. The van der Waals surface area contributed by atoms with Crippen molar-refractivity contribution in [1.82, 2.24) is 15.5 Å². The molecule has 0 unspecified atom stereocenters. The highest BCUT2D eigenvalue weighted by molar-refractivity contribution is 14.0. The first-order valence-corrected chi connectivity index (χ1v) is 9.93. The van der Waals surface area contributed by atoms with E-state index in [1.807, 2.05) is 23.1 Å².